The Bertz CT molecular complexity index is 436. The van der Waals surface area contributed by atoms with Crippen LogP contribution in [0, 0.1) is 0 Å². The van der Waals surface area contributed by atoms with E-state index in [2.05, 4.69) is 5.32 Å². The Morgan fingerprint density at radius 1 is 1.35 bits per heavy atom. The molecule has 98 valence electrons. The monoisotopic (exact) mass is 263 g/mol. The maximum absolute atomic E-state index is 12.0. The molecule has 0 heterocycles. The third-order valence-electron chi connectivity index (χ3n) is 2.94. The number of rotatable bonds is 5. The number of carbonyl (C=O) groups is 2. The molecule has 17 heavy (non-hydrogen) atoms. The lowest BCUT2D eigenvalue weighted by molar-refractivity contribution is -0.141. The fourth-order valence-electron chi connectivity index (χ4n) is 1.36. The van der Waals surface area contributed by atoms with Crippen molar-refractivity contribution in [3.63, 3.8) is 0 Å². The minimum Gasteiger partial charge on any atom is -0.480 e. The van der Waals surface area contributed by atoms with Crippen LogP contribution in [0.15, 0.2) is 0 Å². The molecule has 0 radical (unpaired) electrons. The van der Waals surface area contributed by atoms with Gasteiger partial charge < -0.3 is 10.4 Å². The molecule has 1 fully saturated rings. The van der Waals surface area contributed by atoms with Gasteiger partial charge in [-0.1, -0.05) is 0 Å². The molecule has 2 N–H and O–H groups in total. The summed E-state index contributed by atoms with van der Waals surface area (Å²) in [5.74, 6) is -1.96. The van der Waals surface area contributed by atoms with Crippen molar-refractivity contribution in [2.75, 3.05) is 0 Å². The van der Waals surface area contributed by atoms with Gasteiger partial charge in [-0.25, -0.2) is 8.42 Å². The average molecular weight is 263 g/mol. The number of amides is 1. The molecule has 0 aliphatic heterocycles. The summed E-state index contributed by atoms with van der Waals surface area (Å²) in [7, 11) is -3.54. The lowest BCUT2D eigenvalue weighted by Gasteiger charge is -2.24. The third-order valence-corrected chi connectivity index (χ3v) is 5.90. The average Bonchev–Trinajstić information content (AvgIpc) is 2.99. The van der Waals surface area contributed by atoms with E-state index in [4.69, 9.17) is 5.11 Å². The second-order valence-electron chi connectivity index (χ2n) is 4.79. The van der Waals surface area contributed by atoms with E-state index in [9.17, 15) is 18.0 Å². The fraction of sp³-hybridized carbons (Fsp3) is 0.800. The standard InChI is InChI=1S/C10H17NO5S/c1-6(8(12)13)11-9(14)10(2,3)17(15,16)7-4-5-7/h6-7H,4-5H2,1-3H3,(H,11,14)(H,12,13)/t6-/m0/s1. The molecule has 1 aliphatic rings. The Morgan fingerprint density at radius 3 is 2.18 bits per heavy atom. The zero-order valence-electron chi connectivity index (χ0n) is 10.1. The van der Waals surface area contributed by atoms with E-state index in [1.54, 1.807) is 0 Å². The van der Waals surface area contributed by atoms with Gasteiger partial charge in [-0.3, -0.25) is 9.59 Å². The van der Waals surface area contributed by atoms with Crippen molar-refractivity contribution in [3.8, 4) is 0 Å². The number of hydrogen-bond acceptors (Lipinski definition) is 4. The number of carboxylic acid groups (broad SMARTS) is 1. The van der Waals surface area contributed by atoms with Gasteiger partial charge in [-0.05, 0) is 33.6 Å². The topological polar surface area (TPSA) is 101 Å². The molecule has 0 spiro atoms. The van der Waals surface area contributed by atoms with Crippen LogP contribution in [-0.2, 0) is 19.4 Å². The molecule has 1 aliphatic carbocycles. The Hall–Kier alpha value is -1.11. The number of carboxylic acids is 1. The van der Waals surface area contributed by atoms with Crippen LogP contribution in [0.2, 0.25) is 0 Å². The van der Waals surface area contributed by atoms with Gasteiger partial charge in [0.2, 0.25) is 5.91 Å². The van der Waals surface area contributed by atoms with Crippen LogP contribution in [0.5, 0.6) is 0 Å². The van der Waals surface area contributed by atoms with E-state index in [0.29, 0.717) is 12.8 Å². The predicted molar refractivity (Wildman–Crippen MR) is 61.3 cm³/mol. The van der Waals surface area contributed by atoms with E-state index < -0.39 is 37.8 Å². The maximum atomic E-state index is 12.0. The molecule has 1 atom stereocenters. The summed E-state index contributed by atoms with van der Waals surface area (Å²) >= 11 is 0. The quantitative estimate of drug-likeness (QED) is 0.723. The second-order valence-corrected chi connectivity index (χ2v) is 7.57. The number of aliphatic carboxylic acids is 1. The van der Waals surface area contributed by atoms with Crippen molar-refractivity contribution < 1.29 is 23.1 Å². The molecule has 0 saturated heterocycles. The van der Waals surface area contributed by atoms with E-state index in [1.807, 2.05) is 0 Å². The van der Waals surface area contributed by atoms with Gasteiger partial charge >= 0.3 is 5.97 Å². The first-order chi connectivity index (χ1) is 7.60. The highest BCUT2D eigenvalue weighted by Crippen LogP contribution is 2.36. The van der Waals surface area contributed by atoms with Crippen LogP contribution in [0.4, 0.5) is 0 Å². The van der Waals surface area contributed by atoms with Crippen LogP contribution in [0.25, 0.3) is 0 Å². The Balaban J connectivity index is 2.83. The first kappa shape index (κ1) is 14.0. The largest absolute Gasteiger partial charge is 0.480 e. The molecule has 0 unspecified atom stereocenters. The molecule has 0 aromatic rings. The minimum absolute atomic E-state index is 0.455. The summed E-state index contributed by atoms with van der Waals surface area (Å²) in [5, 5.41) is 10.4. The maximum Gasteiger partial charge on any atom is 0.325 e. The van der Waals surface area contributed by atoms with Crippen molar-refractivity contribution in [3.05, 3.63) is 0 Å². The second kappa shape index (κ2) is 4.29. The molecule has 1 rings (SSSR count). The molecule has 1 saturated carbocycles. The highest BCUT2D eigenvalue weighted by Gasteiger charge is 2.50. The highest BCUT2D eigenvalue weighted by atomic mass is 32.2. The Labute approximate surface area is 100 Å². The van der Waals surface area contributed by atoms with Crippen molar-refractivity contribution in [2.24, 2.45) is 0 Å². The summed E-state index contributed by atoms with van der Waals surface area (Å²) in [4.78, 5) is 22.4. The minimum atomic E-state index is -3.54. The van der Waals surface area contributed by atoms with Gasteiger partial charge in [0.05, 0.1) is 5.25 Å². The van der Waals surface area contributed by atoms with Gasteiger partial charge in [-0.2, -0.15) is 0 Å². The van der Waals surface area contributed by atoms with Gasteiger partial charge in [0.15, 0.2) is 9.84 Å². The summed E-state index contributed by atoms with van der Waals surface area (Å²) in [6.07, 6.45) is 1.15. The van der Waals surface area contributed by atoms with Gasteiger partial charge in [0.1, 0.15) is 10.8 Å². The number of carbonyl (C=O) groups excluding carboxylic acids is 1. The third kappa shape index (κ3) is 2.59. The summed E-state index contributed by atoms with van der Waals surface area (Å²) < 4.78 is 22.4. The lowest BCUT2D eigenvalue weighted by Crippen LogP contribution is -2.53. The molecule has 0 aromatic heterocycles. The molecule has 7 heteroatoms. The number of sulfone groups is 1. The van der Waals surface area contributed by atoms with Crippen LogP contribution in [0.3, 0.4) is 0 Å². The molecule has 0 bridgehead atoms. The summed E-state index contributed by atoms with van der Waals surface area (Å²) in [6.45, 7) is 3.91. The molecular formula is C10H17NO5S. The zero-order valence-corrected chi connectivity index (χ0v) is 10.9. The predicted octanol–water partition coefficient (Wildman–Crippen LogP) is -0.0685. The van der Waals surface area contributed by atoms with Crippen molar-refractivity contribution in [1.82, 2.24) is 5.32 Å². The normalized spacial score (nSPS) is 18.5. The molecule has 1 amide bonds. The first-order valence-corrected chi connectivity index (χ1v) is 6.92. The van der Waals surface area contributed by atoms with E-state index in [0.717, 1.165) is 0 Å². The summed E-state index contributed by atoms with van der Waals surface area (Å²) in [5.41, 5.74) is 0. The van der Waals surface area contributed by atoms with E-state index in [-0.39, 0.29) is 0 Å². The van der Waals surface area contributed by atoms with Gasteiger partial charge in [0, 0.05) is 0 Å². The van der Waals surface area contributed by atoms with Gasteiger partial charge in [-0.15, -0.1) is 0 Å². The molecule has 6 nitrogen and oxygen atoms in total. The van der Waals surface area contributed by atoms with E-state index >= 15 is 0 Å². The Morgan fingerprint density at radius 2 is 1.82 bits per heavy atom. The van der Waals surface area contributed by atoms with Crippen molar-refractivity contribution >= 4 is 21.7 Å². The van der Waals surface area contributed by atoms with Crippen LogP contribution < -0.4 is 5.32 Å². The van der Waals surface area contributed by atoms with Gasteiger partial charge in [0.25, 0.3) is 0 Å². The highest BCUT2D eigenvalue weighted by molar-refractivity contribution is 7.94. The lowest BCUT2D eigenvalue weighted by atomic mass is 10.2. The van der Waals surface area contributed by atoms with Crippen molar-refractivity contribution in [2.45, 2.75) is 49.7 Å². The Kier molecular flexibility index (Phi) is 3.52. The molecular weight excluding hydrogens is 246 g/mol. The SMILES string of the molecule is C[C@H](NC(=O)C(C)(C)S(=O)(=O)C1CC1)C(=O)O. The van der Waals surface area contributed by atoms with Crippen LogP contribution in [0.1, 0.15) is 33.6 Å². The van der Waals surface area contributed by atoms with Crippen LogP contribution >= 0.6 is 0 Å². The number of nitrogens with one attached hydrogen (secondary N) is 1. The first-order valence-electron chi connectivity index (χ1n) is 5.38. The fourth-order valence-corrected chi connectivity index (χ4v) is 3.26. The van der Waals surface area contributed by atoms with E-state index in [1.165, 1.54) is 20.8 Å². The zero-order chi connectivity index (χ0) is 13.4. The summed E-state index contributed by atoms with van der Waals surface area (Å²) in [6, 6.07) is -1.10. The van der Waals surface area contributed by atoms with Crippen molar-refractivity contribution in [1.29, 1.82) is 0 Å². The van der Waals surface area contributed by atoms with Crippen LogP contribution in [-0.4, -0.2) is 41.4 Å². The molecule has 0 aromatic carbocycles. The smallest absolute Gasteiger partial charge is 0.325 e. The number of hydrogen-bond donors (Lipinski definition) is 2.